The van der Waals surface area contributed by atoms with Gasteiger partial charge in [-0.3, -0.25) is 0 Å². The van der Waals surface area contributed by atoms with Gasteiger partial charge >= 0.3 is 0 Å². The minimum absolute atomic E-state index is 0.685. The van der Waals surface area contributed by atoms with Crippen LogP contribution in [0.1, 0.15) is 0 Å². The van der Waals surface area contributed by atoms with Gasteiger partial charge in [-0.05, 0) is 78.2 Å². The van der Waals surface area contributed by atoms with Crippen molar-refractivity contribution in [2.45, 2.75) is 0 Å². The Morgan fingerprint density at radius 2 is 0.611 bits per heavy atom. The Kier molecular flexibility index (Phi) is 10.8. The highest BCUT2D eigenvalue weighted by Crippen LogP contribution is 2.48. The highest BCUT2D eigenvalue weighted by Gasteiger charge is 2.23. The SMILES string of the molecule is c1ccc(-c2cc(-c3ccc(-c4c(-c5cccc6ccccc56)ccc(-c5cccc6ccccc56)c4-c4ccc(-c5nc(-c6ccccc6)c6ccccc6n5)cc4)cc3)nc(-c3ccccc3)n2)cc1. The van der Waals surface area contributed by atoms with Gasteiger partial charge in [-0.15, -0.1) is 0 Å². The molecule has 13 aromatic rings. The molecule has 0 radical (unpaired) electrons. The molecule has 0 amide bonds. The average Bonchev–Trinajstić information content (AvgIpc) is 3.47. The second-order valence-corrected chi connectivity index (χ2v) is 18.1. The molecule has 2 heterocycles. The average molecular weight is 917 g/mol. The molecular weight excluding hydrogens is 873 g/mol. The number of fused-ring (bicyclic) bond motifs is 3. The summed E-state index contributed by atoms with van der Waals surface area (Å²) in [4.78, 5) is 20.7. The van der Waals surface area contributed by atoms with Crippen molar-refractivity contribution in [2.75, 3.05) is 0 Å². The van der Waals surface area contributed by atoms with Crippen LogP contribution in [0.25, 0.3) is 134 Å². The molecule has 0 spiro atoms. The molecule has 0 N–H and O–H groups in total. The van der Waals surface area contributed by atoms with Crippen LogP contribution in [0.15, 0.2) is 267 Å². The number of hydrogen-bond donors (Lipinski definition) is 0. The van der Waals surface area contributed by atoms with Crippen molar-refractivity contribution < 1.29 is 0 Å². The van der Waals surface area contributed by atoms with Crippen LogP contribution in [0.4, 0.5) is 0 Å². The molecule has 4 nitrogen and oxygen atoms in total. The van der Waals surface area contributed by atoms with Gasteiger partial charge in [0, 0.05) is 33.2 Å². The largest absolute Gasteiger partial charge is 0.228 e. The standard InChI is InChI=1S/C68H44N4/c1-4-20-47(21-5-1)62-44-63(71-67(70-62)52-24-8-3-9-25-52)48-34-36-49(37-35-48)64-58(56-31-16-26-45-18-10-12-28-54(45)56)42-43-59(57-32-17-27-46-19-11-13-29-55(46)57)65(64)50-38-40-53(41-39-50)68-69-61-33-15-14-30-60(61)66(72-68)51-22-6-2-7-23-51/h1-44H. The van der Waals surface area contributed by atoms with E-state index in [1.807, 2.05) is 36.4 Å². The van der Waals surface area contributed by atoms with E-state index in [9.17, 15) is 0 Å². The molecule has 0 aliphatic rings. The van der Waals surface area contributed by atoms with Gasteiger partial charge in [-0.25, -0.2) is 19.9 Å². The van der Waals surface area contributed by atoms with Crippen LogP contribution in [0.5, 0.6) is 0 Å². The first kappa shape index (κ1) is 42.5. The molecule has 0 aliphatic carbocycles. The quantitative estimate of drug-likeness (QED) is 0.145. The minimum Gasteiger partial charge on any atom is -0.228 e. The number of nitrogens with zero attached hydrogens (tertiary/aromatic N) is 4. The predicted octanol–water partition coefficient (Wildman–Crippen LogP) is 17.7. The summed E-state index contributed by atoms with van der Waals surface area (Å²) in [7, 11) is 0. The monoisotopic (exact) mass is 916 g/mol. The Hall–Kier alpha value is -9.64. The molecule has 2 aromatic heterocycles. The minimum atomic E-state index is 0.685. The van der Waals surface area contributed by atoms with Gasteiger partial charge in [-0.1, -0.05) is 255 Å². The third-order valence-corrected chi connectivity index (χ3v) is 13.7. The van der Waals surface area contributed by atoms with Crippen molar-refractivity contribution in [1.82, 2.24) is 19.9 Å². The fourth-order valence-electron chi connectivity index (χ4n) is 10.3. The van der Waals surface area contributed by atoms with Gasteiger partial charge in [0.2, 0.25) is 0 Å². The van der Waals surface area contributed by atoms with Gasteiger partial charge < -0.3 is 0 Å². The second-order valence-electron chi connectivity index (χ2n) is 18.1. The molecule has 4 heteroatoms. The van der Waals surface area contributed by atoms with Gasteiger partial charge in [0.25, 0.3) is 0 Å². The first-order chi connectivity index (χ1) is 35.7. The normalized spacial score (nSPS) is 11.3. The Balaban J connectivity index is 1.04. The Bertz CT molecular complexity index is 4050. The van der Waals surface area contributed by atoms with E-state index in [4.69, 9.17) is 19.9 Å². The molecule has 0 fully saturated rings. The van der Waals surface area contributed by atoms with Crippen LogP contribution in [0, 0.1) is 0 Å². The van der Waals surface area contributed by atoms with Gasteiger partial charge in [0.05, 0.1) is 22.6 Å². The summed E-state index contributed by atoms with van der Waals surface area (Å²) in [5.74, 6) is 1.37. The summed E-state index contributed by atoms with van der Waals surface area (Å²) in [6, 6.07) is 94.5. The number of benzene rings is 11. The Labute approximate surface area is 418 Å². The highest BCUT2D eigenvalue weighted by molar-refractivity contribution is 6.10. The van der Waals surface area contributed by atoms with Gasteiger partial charge in [0.15, 0.2) is 11.6 Å². The molecule has 13 rings (SSSR count). The number of para-hydroxylation sites is 1. The van der Waals surface area contributed by atoms with Crippen molar-refractivity contribution in [3.8, 4) is 101 Å². The molecule has 0 bridgehead atoms. The van der Waals surface area contributed by atoms with E-state index in [-0.39, 0.29) is 0 Å². The van der Waals surface area contributed by atoms with E-state index in [2.05, 4.69) is 231 Å². The Morgan fingerprint density at radius 3 is 1.17 bits per heavy atom. The smallest absolute Gasteiger partial charge is 0.160 e. The van der Waals surface area contributed by atoms with Gasteiger partial charge in [0.1, 0.15) is 0 Å². The van der Waals surface area contributed by atoms with Crippen LogP contribution in [0.3, 0.4) is 0 Å². The highest BCUT2D eigenvalue weighted by atomic mass is 14.9. The van der Waals surface area contributed by atoms with Crippen molar-refractivity contribution in [1.29, 1.82) is 0 Å². The Morgan fingerprint density at radius 1 is 0.222 bits per heavy atom. The zero-order valence-electron chi connectivity index (χ0n) is 39.2. The number of rotatable bonds is 9. The number of hydrogen-bond acceptors (Lipinski definition) is 4. The molecule has 0 saturated heterocycles. The lowest BCUT2D eigenvalue weighted by Crippen LogP contribution is -1.97. The van der Waals surface area contributed by atoms with Crippen LogP contribution >= 0.6 is 0 Å². The lowest BCUT2D eigenvalue weighted by atomic mass is 9.81. The molecule has 0 atom stereocenters. The molecular formula is C68H44N4. The number of aromatic nitrogens is 4. The maximum absolute atomic E-state index is 5.25. The van der Waals surface area contributed by atoms with E-state index in [1.165, 1.54) is 32.7 Å². The third-order valence-electron chi connectivity index (χ3n) is 13.7. The van der Waals surface area contributed by atoms with Crippen LogP contribution in [-0.4, -0.2) is 19.9 Å². The molecule has 72 heavy (non-hydrogen) atoms. The summed E-state index contributed by atoms with van der Waals surface area (Å²) in [6.45, 7) is 0. The first-order valence-electron chi connectivity index (χ1n) is 24.4. The fraction of sp³-hybridized carbons (Fsp3) is 0. The summed E-state index contributed by atoms with van der Waals surface area (Å²) < 4.78 is 0. The van der Waals surface area contributed by atoms with Crippen LogP contribution in [0.2, 0.25) is 0 Å². The lowest BCUT2D eigenvalue weighted by molar-refractivity contribution is 1.18. The summed E-state index contributed by atoms with van der Waals surface area (Å²) >= 11 is 0. The summed E-state index contributed by atoms with van der Waals surface area (Å²) in [5.41, 5.74) is 17.7. The van der Waals surface area contributed by atoms with Crippen LogP contribution < -0.4 is 0 Å². The molecule has 11 aromatic carbocycles. The topological polar surface area (TPSA) is 51.6 Å². The lowest BCUT2D eigenvalue weighted by Gasteiger charge is -2.22. The van der Waals surface area contributed by atoms with E-state index >= 15 is 0 Å². The van der Waals surface area contributed by atoms with Crippen molar-refractivity contribution in [3.05, 3.63) is 267 Å². The summed E-state index contributed by atoms with van der Waals surface area (Å²) in [5, 5.41) is 5.80. The maximum Gasteiger partial charge on any atom is 0.160 e. The van der Waals surface area contributed by atoms with E-state index in [0.717, 1.165) is 89.2 Å². The molecule has 336 valence electrons. The zero-order valence-corrected chi connectivity index (χ0v) is 39.2. The van der Waals surface area contributed by atoms with E-state index in [1.54, 1.807) is 0 Å². The summed E-state index contributed by atoms with van der Waals surface area (Å²) in [6.07, 6.45) is 0. The maximum atomic E-state index is 5.25. The third kappa shape index (κ3) is 7.87. The van der Waals surface area contributed by atoms with Crippen molar-refractivity contribution in [2.24, 2.45) is 0 Å². The second kappa shape index (κ2) is 18.4. The predicted molar refractivity (Wildman–Crippen MR) is 299 cm³/mol. The fourth-order valence-corrected chi connectivity index (χ4v) is 10.3. The molecule has 0 aliphatic heterocycles. The van der Waals surface area contributed by atoms with Gasteiger partial charge in [-0.2, -0.15) is 0 Å². The van der Waals surface area contributed by atoms with Crippen molar-refractivity contribution in [3.63, 3.8) is 0 Å². The molecule has 0 unspecified atom stereocenters. The van der Waals surface area contributed by atoms with Crippen molar-refractivity contribution >= 4 is 32.4 Å². The zero-order chi connectivity index (χ0) is 47.8. The first-order valence-corrected chi connectivity index (χ1v) is 24.4. The van der Waals surface area contributed by atoms with Crippen LogP contribution in [-0.2, 0) is 0 Å². The van der Waals surface area contributed by atoms with E-state index in [0.29, 0.717) is 11.6 Å². The van der Waals surface area contributed by atoms with E-state index < -0.39 is 0 Å². The molecule has 0 saturated carbocycles.